The first-order valence-corrected chi connectivity index (χ1v) is 5.68. The third-order valence-corrected chi connectivity index (χ3v) is 3.07. The summed E-state index contributed by atoms with van der Waals surface area (Å²) in [4.78, 5) is 24.5. The van der Waals surface area contributed by atoms with Crippen molar-refractivity contribution in [2.75, 3.05) is 4.90 Å². The molecule has 2 N–H and O–H groups in total. The number of carbonyl (C=O) groups is 2. The van der Waals surface area contributed by atoms with Gasteiger partial charge in [0.1, 0.15) is 0 Å². The molecule has 84 valence electrons. The van der Waals surface area contributed by atoms with Crippen LogP contribution in [0.15, 0.2) is 22.7 Å². The van der Waals surface area contributed by atoms with Crippen LogP contribution in [0.4, 0.5) is 5.69 Å². The van der Waals surface area contributed by atoms with Crippen molar-refractivity contribution in [3.8, 4) is 0 Å². The molecule has 1 aromatic rings. The highest BCUT2D eigenvalue weighted by molar-refractivity contribution is 9.10. The SMILES string of the molecule is Cc1cc(Br)ccc1N1C(=O)CC(N)C1=O. The Morgan fingerprint density at radius 1 is 1.44 bits per heavy atom. The molecule has 0 aliphatic carbocycles. The Morgan fingerprint density at radius 3 is 2.62 bits per heavy atom. The van der Waals surface area contributed by atoms with E-state index in [-0.39, 0.29) is 18.2 Å². The lowest BCUT2D eigenvalue weighted by atomic mass is 10.2. The Balaban J connectivity index is 2.45. The van der Waals surface area contributed by atoms with E-state index in [9.17, 15) is 9.59 Å². The summed E-state index contributed by atoms with van der Waals surface area (Å²) in [5.74, 6) is -0.557. The fraction of sp³-hybridized carbons (Fsp3) is 0.273. The first-order chi connectivity index (χ1) is 7.50. The largest absolute Gasteiger partial charge is 0.319 e. The maximum atomic E-state index is 11.7. The lowest BCUT2D eigenvalue weighted by molar-refractivity contribution is -0.121. The molecule has 1 aliphatic heterocycles. The third-order valence-electron chi connectivity index (χ3n) is 2.58. The number of amides is 2. The van der Waals surface area contributed by atoms with Gasteiger partial charge in [0.25, 0.3) is 5.91 Å². The molecule has 1 heterocycles. The van der Waals surface area contributed by atoms with Crippen molar-refractivity contribution < 1.29 is 9.59 Å². The van der Waals surface area contributed by atoms with Gasteiger partial charge in [-0.3, -0.25) is 9.59 Å². The monoisotopic (exact) mass is 282 g/mol. The van der Waals surface area contributed by atoms with Crippen LogP contribution in [0.3, 0.4) is 0 Å². The first-order valence-electron chi connectivity index (χ1n) is 4.89. The van der Waals surface area contributed by atoms with E-state index >= 15 is 0 Å². The molecule has 0 aromatic heterocycles. The van der Waals surface area contributed by atoms with Gasteiger partial charge in [-0.25, -0.2) is 4.90 Å². The van der Waals surface area contributed by atoms with Crippen molar-refractivity contribution in [1.82, 2.24) is 0 Å². The Bertz CT molecular complexity index is 473. The molecule has 1 aliphatic rings. The second kappa shape index (κ2) is 3.99. The molecule has 16 heavy (non-hydrogen) atoms. The van der Waals surface area contributed by atoms with Gasteiger partial charge in [-0.2, -0.15) is 0 Å². The second-order valence-electron chi connectivity index (χ2n) is 3.81. The molecule has 2 rings (SSSR count). The third kappa shape index (κ3) is 1.76. The number of nitrogens with two attached hydrogens (primary N) is 1. The van der Waals surface area contributed by atoms with Crippen LogP contribution in [-0.4, -0.2) is 17.9 Å². The van der Waals surface area contributed by atoms with Crippen molar-refractivity contribution in [1.29, 1.82) is 0 Å². The minimum atomic E-state index is -0.699. The Labute approximate surface area is 102 Å². The van der Waals surface area contributed by atoms with Crippen LogP contribution in [0.5, 0.6) is 0 Å². The van der Waals surface area contributed by atoms with Gasteiger partial charge in [-0.1, -0.05) is 15.9 Å². The summed E-state index contributed by atoms with van der Waals surface area (Å²) in [7, 11) is 0. The van der Waals surface area contributed by atoms with Gasteiger partial charge in [0, 0.05) is 4.47 Å². The number of benzene rings is 1. The van der Waals surface area contributed by atoms with Crippen LogP contribution in [0, 0.1) is 6.92 Å². The standard InChI is InChI=1S/C11H11BrN2O2/c1-6-4-7(12)2-3-9(6)14-10(15)5-8(13)11(14)16/h2-4,8H,5,13H2,1H3. The minimum absolute atomic E-state index is 0.0916. The van der Waals surface area contributed by atoms with Crippen LogP contribution < -0.4 is 10.6 Å². The molecule has 1 saturated heterocycles. The quantitative estimate of drug-likeness (QED) is 0.791. The molecule has 1 fully saturated rings. The maximum absolute atomic E-state index is 11.7. The van der Waals surface area contributed by atoms with Crippen molar-refractivity contribution in [3.63, 3.8) is 0 Å². The number of imide groups is 1. The van der Waals surface area contributed by atoms with Crippen LogP contribution in [0.25, 0.3) is 0 Å². The van der Waals surface area contributed by atoms with E-state index in [2.05, 4.69) is 15.9 Å². The molecule has 1 unspecified atom stereocenters. The van der Waals surface area contributed by atoms with Crippen LogP contribution >= 0.6 is 15.9 Å². The fourth-order valence-corrected chi connectivity index (χ4v) is 2.25. The lowest BCUT2D eigenvalue weighted by Crippen LogP contribution is -2.35. The van der Waals surface area contributed by atoms with E-state index in [0.29, 0.717) is 5.69 Å². The Morgan fingerprint density at radius 2 is 2.12 bits per heavy atom. The van der Waals surface area contributed by atoms with Gasteiger partial charge < -0.3 is 5.73 Å². The van der Waals surface area contributed by atoms with E-state index in [1.807, 2.05) is 13.0 Å². The van der Waals surface area contributed by atoms with Gasteiger partial charge in [-0.05, 0) is 30.7 Å². The number of anilines is 1. The maximum Gasteiger partial charge on any atom is 0.251 e. The van der Waals surface area contributed by atoms with Crippen LogP contribution in [-0.2, 0) is 9.59 Å². The second-order valence-corrected chi connectivity index (χ2v) is 4.72. The molecule has 4 nitrogen and oxygen atoms in total. The number of nitrogens with zero attached hydrogens (tertiary/aromatic N) is 1. The molecular formula is C11H11BrN2O2. The van der Waals surface area contributed by atoms with Gasteiger partial charge in [0.2, 0.25) is 5.91 Å². The van der Waals surface area contributed by atoms with Crippen molar-refractivity contribution >= 4 is 33.4 Å². The highest BCUT2D eigenvalue weighted by Gasteiger charge is 2.37. The normalized spacial score (nSPS) is 20.7. The van der Waals surface area contributed by atoms with E-state index in [4.69, 9.17) is 5.73 Å². The zero-order chi connectivity index (χ0) is 11.9. The van der Waals surface area contributed by atoms with Gasteiger partial charge in [0.05, 0.1) is 18.2 Å². The topological polar surface area (TPSA) is 63.4 Å². The van der Waals surface area contributed by atoms with Gasteiger partial charge in [0.15, 0.2) is 0 Å². The molecular weight excluding hydrogens is 272 g/mol. The molecule has 1 atom stereocenters. The summed E-state index contributed by atoms with van der Waals surface area (Å²) < 4.78 is 0.914. The molecule has 0 spiro atoms. The fourth-order valence-electron chi connectivity index (χ4n) is 1.78. The summed E-state index contributed by atoms with van der Waals surface area (Å²) in [6, 6.07) is 4.70. The number of hydrogen-bond acceptors (Lipinski definition) is 3. The number of rotatable bonds is 1. The number of aryl methyl sites for hydroxylation is 1. The summed E-state index contributed by atoms with van der Waals surface area (Å²) in [5, 5.41) is 0. The zero-order valence-corrected chi connectivity index (χ0v) is 10.3. The van der Waals surface area contributed by atoms with Crippen molar-refractivity contribution in [3.05, 3.63) is 28.2 Å². The number of halogens is 1. The summed E-state index contributed by atoms with van der Waals surface area (Å²) in [6.45, 7) is 1.85. The van der Waals surface area contributed by atoms with E-state index in [1.54, 1.807) is 12.1 Å². The highest BCUT2D eigenvalue weighted by atomic mass is 79.9. The molecule has 1 aromatic carbocycles. The summed E-state index contributed by atoms with van der Waals surface area (Å²) in [5.41, 5.74) is 7.04. The zero-order valence-electron chi connectivity index (χ0n) is 8.74. The average Bonchev–Trinajstić information content (AvgIpc) is 2.43. The van der Waals surface area contributed by atoms with Crippen molar-refractivity contribution in [2.45, 2.75) is 19.4 Å². The number of hydrogen-bond donors (Lipinski definition) is 1. The molecule has 5 heteroatoms. The predicted molar refractivity (Wildman–Crippen MR) is 64.0 cm³/mol. The molecule has 0 bridgehead atoms. The molecule has 0 radical (unpaired) electrons. The smallest absolute Gasteiger partial charge is 0.251 e. The van der Waals surface area contributed by atoms with E-state index in [1.165, 1.54) is 4.90 Å². The summed E-state index contributed by atoms with van der Waals surface area (Å²) >= 11 is 3.33. The van der Waals surface area contributed by atoms with Crippen LogP contribution in [0.2, 0.25) is 0 Å². The predicted octanol–water partition coefficient (Wildman–Crippen LogP) is 1.35. The molecule has 0 saturated carbocycles. The molecule has 2 amide bonds. The first kappa shape index (κ1) is 11.3. The van der Waals surface area contributed by atoms with Gasteiger partial charge in [-0.15, -0.1) is 0 Å². The van der Waals surface area contributed by atoms with Gasteiger partial charge >= 0.3 is 0 Å². The highest BCUT2D eigenvalue weighted by Crippen LogP contribution is 2.27. The Kier molecular flexibility index (Phi) is 2.82. The number of carbonyl (C=O) groups excluding carboxylic acids is 2. The van der Waals surface area contributed by atoms with Crippen molar-refractivity contribution in [2.24, 2.45) is 5.73 Å². The summed E-state index contributed by atoms with van der Waals surface area (Å²) in [6.07, 6.45) is 0.0916. The lowest BCUT2D eigenvalue weighted by Gasteiger charge is -2.16. The van der Waals surface area contributed by atoms with E-state index in [0.717, 1.165) is 10.0 Å². The van der Waals surface area contributed by atoms with E-state index < -0.39 is 6.04 Å². The average molecular weight is 283 g/mol. The minimum Gasteiger partial charge on any atom is -0.319 e. The Hall–Kier alpha value is -1.20. The van der Waals surface area contributed by atoms with Crippen LogP contribution in [0.1, 0.15) is 12.0 Å².